The highest BCUT2D eigenvalue weighted by Gasteiger charge is 2.27. The predicted molar refractivity (Wildman–Crippen MR) is 80.1 cm³/mol. The van der Waals surface area contributed by atoms with E-state index in [0.29, 0.717) is 5.82 Å². The molecule has 3 rings (SSSR count). The number of nitrogens with one attached hydrogen (secondary N) is 1. The summed E-state index contributed by atoms with van der Waals surface area (Å²) in [6.45, 7) is 1.98. The van der Waals surface area contributed by atoms with E-state index in [9.17, 15) is 5.11 Å². The number of hydrogen-bond donors (Lipinski definition) is 2. The Morgan fingerprint density at radius 1 is 1.25 bits per heavy atom. The van der Waals surface area contributed by atoms with E-state index in [1.807, 2.05) is 31.2 Å². The SMILES string of the molecule is Cc1ccc(N2NC=C(c3cccnc3)C2O)nc1.Cl. The normalized spacial score (nSPS) is 17.2. The molecule has 5 nitrogen and oxygen atoms in total. The second-order valence-electron chi connectivity index (χ2n) is 4.41. The minimum Gasteiger partial charge on any atom is -0.368 e. The number of aryl methyl sites for hydroxylation is 1. The molecule has 1 aliphatic rings. The molecule has 20 heavy (non-hydrogen) atoms. The maximum Gasteiger partial charge on any atom is 0.175 e. The maximum atomic E-state index is 10.4. The summed E-state index contributed by atoms with van der Waals surface area (Å²) in [6, 6.07) is 7.58. The van der Waals surface area contributed by atoms with Crippen molar-refractivity contribution in [2.24, 2.45) is 0 Å². The number of rotatable bonds is 2. The Hall–Kier alpha value is -2.11. The Morgan fingerprint density at radius 2 is 2.10 bits per heavy atom. The molecule has 0 amide bonds. The van der Waals surface area contributed by atoms with Crippen molar-refractivity contribution in [1.82, 2.24) is 15.4 Å². The van der Waals surface area contributed by atoms with Gasteiger partial charge in [-0.05, 0) is 24.6 Å². The van der Waals surface area contributed by atoms with E-state index in [0.717, 1.165) is 16.7 Å². The maximum absolute atomic E-state index is 10.4. The van der Waals surface area contributed by atoms with Crippen LogP contribution in [0.4, 0.5) is 5.82 Å². The van der Waals surface area contributed by atoms with Gasteiger partial charge in [0, 0.05) is 35.9 Å². The monoisotopic (exact) mass is 290 g/mol. The predicted octanol–water partition coefficient (Wildman–Crippen LogP) is 1.89. The summed E-state index contributed by atoms with van der Waals surface area (Å²) < 4.78 is 0. The average Bonchev–Trinajstić information content (AvgIpc) is 2.83. The number of anilines is 1. The molecule has 0 spiro atoms. The van der Waals surface area contributed by atoms with Crippen molar-refractivity contribution in [2.45, 2.75) is 13.2 Å². The van der Waals surface area contributed by atoms with Gasteiger partial charge in [-0.15, -0.1) is 12.4 Å². The smallest absolute Gasteiger partial charge is 0.175 e. The van der Waals surface area contributed by atoms with Crippen LogP contribution in [0.2, 0.25) is 0 Å². The third kappa shape index (κ3) is 2.59. The number of aromatic nitrogens is 2. The first kappa shape index (κ1) is 14.3. The molecular formula is C14H15ClN4O. The van der Waals surface area contributed by atoms with Gasteiger partial charge in [-0.25, -0.2) is 9.99 Å². The van der Waals surface area contributed by atoms with Crippen LogP contribution >= 0.6 is 12.4 Å². The van der Waals surface area contributed by atoms with Crippen molar-refractivity contribution in [3.05, 3.63) is 60.2 Å². The topological polar surface area (TPSA) is 61.3 Å². The van der Waals surface area contributed by atoms with Crippen molar-refractivity contribution in [2.75, 3.05) is 5.01 Å². The zero-order valence-corrected chi connectivity index (χ0v) is 11.7. The molecule has 104 valence electrons. The molecule has 0 saturated carbocycles. The molecule has 1 atom stereocenters. The lowest BCUT2D eigenvalue weighted by molar-refractivity contribution is 0.225. The fourth-order valence-electron chi connectivity index (χ4n) is 1.98. The molecule has 0 saturated heterocycles. The number of pyridine rings is 2. The van der Waals surface area contributed by atoms with Crippen LogP contribution in [0.5, 0.6) is 0 Å². The summed E-state index contributed by atoms with van der Waals surface area (Å²) in [4.78, 5) is 8.35. The quantitative estimate of drug-likeness (QED) is 0.884. The molecule has 0 radical (unpaired) electrons. The van der Waals surface area contributed by atoms with Crippen molar-refractivity contribution in [1.29, 1.82) is 0 Å². The Kier molecular flexibility index (Phi) is 4.22. The highest BCUT2D eigenvalue weighted by Crippen LogP contribution is 2.26. The molecule has 1 unspecified atom stereocenters. The van der Waals surface area contributed by atoms with Crippen molar-refractivity contribution < 1.29 is 5.11 Å². The highest BCUT2D eigenvalue weighted by atomic mass is 35.5. The average molecular weight is 291 g/mol. The van der Waals surface area contributed by atoms with Gasteiger partial charge in [-0.2, -0.15) is 0 Å². The summed E-state index contributed by atoms with van der Waals surface area (Å²) in [5.41, 5.74) is 5.76. The fourth-order valence-corrected chi connectivity index (χ4v) is 1.98. The second-order valence-corrected chi connectivity index (χ2v) is 4.41. The van der Waals surface area contributed by atoms with Gasteiger partial charge in [0.15, 0.2) is 6.23 Å². The van der Waals surface area contributed by atoms with E-state index < -0.39 is 6.23 Å². The third-order valence-electron chi connectivity index (χ3n) is 3.02. The molecule has 3 heterocycles. The molecular weight excluding hydrogens is 276 g/mol. The van der Waals surface area contributed by atoms with E-state index in [1.54, 1.807) is 29.8 Å². The summed E-state index contributed by atoms with van der Waals surface area (Å²) in [6.07, 6.45) is 6.19. The van der Waals surface area contributed by atoms with Gasteiger partial charge in [-0.1, -0.05) is 12.1 Å². The summed E-state index contributed by atoms with van der Waals surface area (Å²) in [5.74, 6) is 0.674. The van der Waals surface area contributed by atoms with Crippen LogP contribution in [0.3, 0.4) is 0 Å². The molecule has 1 aliphatic heterocycles. The van der Waals surface area contributed by atoms with Crippen LogP contribution in [0.15, 0.2) is 49.1 Å². The van der Waals surface area contributed by atoms with Crippen molar-refractivity contribution >= 4 is 23.8 Å². The van der Waals surface area contributed by atoms with E-state index in [1.165, 1.54) is 0 Å². The van der Waals surface area contributed by atoms with Crippen molar-refractivity contribution in [3.8, 4) is 0 Å². The highest BCUT2D eigenvalue weighted by molar-refractivity contribution is 5.85. The molecule has 0 aliphatic carbocycles. The number of halogens is 1. The minimum atomic E-state index is -0.778. The lowest BCUT2D eigenvalue weighted by Gasteiger charge is -2.23. The van der Waals surface area contributed by atoms with Gasteiger partial charge in [0.1, 0.15) is 5.82 Å². The van der Waals surface area contributed by atoms with E-state index in [2.05, 4.69) is 15.4 Å². The lowest BCUT2D eigenvalue weighted by atomic mass is 10.1. The first-order chi connectivity index (χ1) is 9.25. The van der Waals surface area contributed by atoms with Gasteiger partial charge in [0.25, 0.3) is 0 Å². The van der Waals surface area contributed by atoms with E-state index in [4.69, 9.17) is 0 Å². The van der Waals surface area contributed by atoms with Gasteiger partial charge < -0.3 is 10.5 Å². The van der Waals surface area contributed by atoms with E-state index in [-0.39, 0.29) is 12.4 Å². The number of aliphatic hydroxyl groups is 1. The number of nitrogens with zero attached hydrogens (tertiary/aromatic N) is 3. The Morgan fingerprint density at radius 3 is 2.75 bits per heavy atom. The molecule has 0 fully saturated rings. The first-order valence-electron chi connectivity index (χ1n) is 6.02. The molecule has 0 bridgehead atoms. The first-order valence-corrected chi connectivity index (χ1v) is 6.02. The minimum absolute atomic E-state index is 0. The summed E-state index contributed by atoms with van der Waals surface area (Å²) in [7, 11) is 0. The zero-order chi connectivity index (χ0) is 13.2. The van der Waals surface area contributed by atoms with Gasteiger partial charge in [0.2, 0.25) is 0 Å². The number of aliphatic hydroxyl groups excluding tert-OH is 1. The fraction of sp³-hybridized carbons (Fsp3) is 0.143. The molecule has 2 N–H and O–H groups in total. The van der Waals surface area contributed by atoms with Crippen LogP contribution in [0.25, 0.3) is 5.57 Å². The molecule has 2 aromatic rings. The molecule has 2 aromatic heterocycles. The lowest BCUT2D eigenvalue weighted by Crippen LogP contribution is -2.38. The van der Waals surface area contributed by atoms with Crippen LogP contribution in [-0.2, 0) is 0 Å². The van der Waals surface area contributed by atoms with Gasteiger partial charge in [0.05, 0.1) is 0 Å². The van der Waals surface area contributed by atoms with Crippen LogP contribution < -0.4 is 10.4 Å². The van der Waals surface area contributed by atoms with Crippen LogP contribution in [0, 0.1) is 6.92 Å². The zero-order valence-electron chi connectivity index (χ0n) is 10.9. The number of hydrazine groups is 1. The Balaban J connectivity index is 0.00000147. The van der Waals surface area contributed by atoms with E-state index >= 15 is 0 Å². The summed E-state index contributed by atoms with van der Waals surface area (Å²) in [5, 5.41) is 12.0. The third-order valence-corrected chi connectivity index (χ3v) is 3.02. The number of hydrogen-bond acceptors (Lipinski definition) is 5. The van der Waals surface area contributed by atoms with Crippen LogP contribution in [-0.4, -0.2) is 21.3 Å². The van der Waals surface area contributed by atoms with Gasteiger partial charge in [-0.3, -0.25) is 4.98 Å². The largest absolute Gasteiger partial charge is 0.368 e. The Labute approximate surface area is 123 Å². The standard InChI is InChI=1S/C14H14N4O.ClH/c1-10-4-5-13(16-7-10)18-14(19)12(9-17-18)11-3-2-6-15-8-11;/h2-9,14,17,19H,1H3;1H. The Bertz CT molecular complexity index is 600. The molecule has 0 aromatic carbocycles. The van der Waals surface area contributed by atoms with Crippen molar-refractivity contribution in [3.63, 3.8) is 0 Å². The second kappa shape index (κ2) is 5.90. The summed E-state index contributed by atoms with van der Waals surface area (Å²) >= 11 is 0. The molecule has 6 heteroatoms. The van der Waals surface area contributed by atoms with Gasteiger partial charge >= 0.3 is 0 Å². The van der Waals surface area contributed by atoms with Crippen LogP contribution in [0.1, 0.15) is 11.1 Å².